The molecule has 3 aliphatic rings. The summed E-state index contributed by atoms with van der Waals surface area (Å²) < 4.78 is 8.02. The van der Waals surface area contributed by atoms with Gasteiger partial charge in [0.05, 0.1) is 18.1 Å². The van der Waals surface area contributed by atoms with Crippen LogP contribution < -0.4 is 0 Å². The van der Waals surface area contributed by atoms with E-state index in [1.807, 2.05) is 33.9 Å². The molecule has 184 valence electrons. The molecule has 35 heavy (non-hydrogen) atoms. The Morgan fingerprint density at radius 1 is 1.00 bits per heavy atom. The molecule has 4 amide bonds. The van der Waals surface area contributed by atoms with E-state index in [1.165, 1.54) is 0 Å². The molecule has 0 N–H and O–H groups in total. The number of amides is 4. The van der Waals surface area contributed by atoms with Gasteiger partial charge in [-0.2, -0.15) is 0 Å². The number of benzene rings is 1. The van der Waals surface area contributed by atoms with Crippen LogP contribution in [0.25, 0.3) is 17.0 Å². The fourth-order valence-electron chi connectivity index (χ4n) is 4.58. The highest BCUT2D eigenvalue weighted by molar-refractivity contribution is 9.10. The number of ether oxygens (including phenoxy) is 1. The fraction of sp³-hybridized carbons (Fsp3) is 0.417. The van der Waals surface area contributed by atoms with Crippen LogP contribution in [-0.4, -0.2) is 88.2 Å². The maximum Gasteiger partial charge on any atom is 0.294 e. The Morgan fingerprint density at radius 2 is 1.69 bits per heavy atom. The van der Waals surface area contributed by atoms with E-state index >= 15 is 0 Å². The predicted molar refractivity (Wildman–Crippen MR) is 136 cm³/mol. The molecule has 3 fully saturated rings. The minimum atomic E-state index is -0.481. The number of carbonyl (C=O) groups is 4. The van der Waals surface area contributed by atoms with Gasteiger partial charge in [-0.1, -0.05) is 15.9 Å². The number of halogens is 1. The Labute approximate surface area is 215 Å². The van der Waals surface area contributed by atoms with Crippen molar-refractivity contribution in [2.24, 2.45) is 0 Å². The van der Waals surface area contributed by atoms with Gasteiger partial charge in [-0.15, -0.1) is 0 Å². The molecular weight excluding hydrogens is 536 g/mol. The zero-order valence-electron chi connectivity index (χ0n) is 19.1. The summed E-state index contributed by atoms with van der Waals surface area (Å²) >= 11 is 4.33. The molecule has 5 rings (SSSR count). The van der Waals surface area contributed by atoms with Gasteiger partial charge in [-0.25, -0.2) is 0 Å². The van der Waals surface area contributed by atoms with E-state index in [-0.39, 0.29) is 29.8 Å². The molecule has 0 aliphatic carbocycles. The number of imide groups is 1. The highest BCUT2D eigenvalue weighted by Crippen LogP contribution is 2.35. The number of hydrogen-bond donors (Lipinski definition) is 0. The van der Waals surface area contributed by atoms with E-state index in [1.54, 1.807) is 11.0 Å². The van der Waals surface area contributed by atoms with E-state index in [2.05, 4.69) is 15.9 Å². The molecule has 0 spiro atoms. The lowest BCUT2D eigenvalue weighted by Crippen LogP contribution is -2.46. The van der Waals surface area contributed by atoms with E-state index < -0.39 is 11.1 Å². The maximum atomic E-state index is 13.0. The number of hydrogen-bond acceptors (Lipinski definition) is 6. The largest absolute Gasteiger partial charge is 0.378 e. The summed E-state index contributed by atoms with van der Waals surface area (Å²) in [7, 11) is 0. The van der Waals surface area contributed by atoms with Crippen molar-refractivity contribution in [1.82, 2.24) is 19.3 Å². The van der Waals surface area contributed by atoms with Gasteiger partial charge in [0.25, 0.3) is 11.1 Å². The summed E-state index contributed by atoms with van der Waals surface area (Å²) in [5.41, 5.74) is 1.61. The number of thioether (sulfide) groups is 1. The Kier molecular flexibility index (Phi) is 6.99. The van der Waals surface area contributed by atoms with Gasteiger partial charge < -0.3 is 19.1 Å². The Hall–Kier alpha value is -2.63. The molecule has 11 heteroatoms. The first-order valence-electron chi connectivity index (χ1n) is 11.6. The van der Waals surface area contributed by atoms with E-state index in [0.717, 1.165) is 63.5 Å². The third kappa shape index (κ3) is 5.03. The summed E-state index contributed by atoms with van der Waals surface area (Å²) in [6.07, 6.45) is 5.58. The highest BCUT2D eigenvalue weighted by atomic mass is 79.9. The summed E-state index contributed by atoms with van der Waals surface area (Å²) in [4.78, 5) is 55.7. The molecule has 0 saturated carbocycles. The minimum Gasteiger partial charge on any atom is -0.378 e. The first kappa shape index (κ1) is 24.1. The van der Waals surface area contributed by atoms with E-state index in [9.17, 15) is 19.2 Å². The normalized spacial score (nSPS) is 20.0. The topological polar surface area (TPSA) is 92.2 Å². The first-order valence-corrected chi connectivity index (χ1v) is 13.2. The van der Waals surface area contributed by atoms with Crippen molar-refractivity contribution in [3.8, 4) is 0 Å². The molecule has 9 nitrogen and oxygen atoms in total. The summed E-state index contributed by atoms with van der Waals surface area (Å²) in [5.74, 6) is -0.681. The SMILES string of the molecule is O=C(CN1C(=O)S/C(=C\c2cn(CC(=O)N3CCCC3)c3ccc(Br)cc23)C1=O)N1CCOCC1. The second-order valence-corrected chi connectivity index (χ2v) is 10.6. The zero-order valence-corrected chi connectivity index (χ0v) is 21.5. The van der Waals surface area contributed by atoms with Crippen LogP contribution in [0.5, 0.6) is 0 Å². The fourth-order valence-corrected chi connectivity index (χ4v) is 5.77. The second-order valence-electron chi connectivity index (χ2n) is 8.72. The van der Waals surface area contributed by atoms with Crippen molar-refractivity contribution in [3.05, 3.63) is 39.3 Å². The number of nitrogens with zero attached hydrogens (tertiary/aromatic N) is 4. The number of carbonyl (C=O) groups excluding carboxylic acids is 4. The summed E-state index contributed by atoms with van der Waals surface area (Å²) in [6, 6.07) is 5.78. The smallest absolute Gasteiger partial charge is 0.294 e. The molecule has 0 atom stereocenters. The van der Waals surface area contributed by atoms with Gasteiger partial charge in [0, 0.05) is 53.3 Å². The zero-order chi connectivity index (χ0) is 24.5. The van der Waals surface area contributed by atoms with Crippen molar-refractivity contribution in [2.75, 3.05) is 45.9 Å². The standard InChI is InChI=1S/C24H25BrN4O5S/c25-17-3-4-19-18(12-17)16(13-28(19)14-21(30)26-5-1-2-6-26)11-20-23(32)29(24(33)35-20)15-22(31)27-7-9-34-10-8-27/h3-4,11-13H,1-2,5-10,14-15H2/b20-11-. The van der Waals surface area contributed by atoms with Crippen LogP contribution in [0.15, 0.2) is 33.8 Å². The van der Waals surface area contributed by atoms with Gasteiger partial charge in [-0.05, 0) is 48.9 Å². The molecule has 1 aromatic heterocycles. The van der Waals surface area contributed by atoms with Crippen LogP contribution in [-0.2, 0) is 25.7 Å². The van der Waals surface area contributed by atoms with Gasteiger partial charge >= 0.3 is 0 Å². The molecular formula is C24H25BrN4O5S. The number of likely N-dealkylation sites (tertiary alicyclic amines) is 1. The van der Waals surface area contributed by atoms with Crippen LogP contribution >= 0.6 is 27.7 Å². The van der Waals surface area contributed by atoms with E-state index in [0.29, 0.717) is 26.3 Å². The van der Waals surface area contributed by atoms with Gasteiger partial charge in [0.1, 0.15) is 13.1 Å². The average molecular weight is 561 g/mol. The first-order chi connectivity index (χ1) is 16.9. The van der Waals surface area contributed by atoms with Gasteiger partial charge in [0.15, 0.2) is 0 Å². The Bertz CT molecular complexity index is 1230. The van der Waals surface area contributed by atoms with Crippen molar-refractivity contribution in [3.63, 3.8) is 0 Å². The minimum absolute atomic E-state index is 0.0656. The number of aromatic nitrogens is 1. The van der Waals surface area contributed by atoms with Crippen molar-refractivity contribution < 1.29 is 23.9 Å². The Morgan fingerprint density at radius 3 is 2.43 bits per heavy atom. The van der Waals surface area contributed by atoms with Gasteiger partial charge in [0.2, 0.25) is 11.8 Å². The summed E-state index contributed by atoms with van der Waals surface area (Å²) in [6.45, 7) is 3.31. The highest BCUT2D eigenvalue weighted by Gasteiger charge is 2.37. The molecule has 0 radical (unpaired) electrons. The lowest BCUT2D eigenvalue weighted by Gasteiger charge is -2.28. The van der Waals surface area contributed by atoms with Crippen LogP contribution in [0.1, 0.15) is 18.4 Å². The van der Waals surface area contributed by atoms with Crippen LogP contribution in [0.4, 0.5) is 4.79 Å². The van der Waals surface area contributed by atoms with Crippen LogP contribution in [0, 0.1) is 0 Å². The molecule has 4 heterocycles. The van der Waals surface area contributed by atoms with Crippen molar-refractivity contribution in [2.45, 2.75) is 19.4 Å². The van der Waals surface area contributed by atoms with Crippen molar-refractivity contribution in [1.29, 1.82) is 0 Å². The Balaban J connectivity index is 1.39. The third-order valence-electron chi connectivity index (χ3n) is 6.46. The van der Waals surface area contributed by atoms with Crippen LogP contribution in [0.3, 0.4) is 0 Å². The summed E-state index contributed by atoms with van der Waals surface area (Å²) in [5, 5.41) is 0.404. The van der Waals surface area contributed by atoms with Gasteiger partial charge in [-0.3, -0.25) is 24.1 Å². The molecule has 3 saturated heterocycles. The molecule has 2 aromatic rings. The second kappa shape index (κ2) is 10.2. The molecule has 3 aliphatic heterocycles. The monoisotopic (exact) mass is 560 g/mol. The number of morpholine rings is 1. The molecule has 0 unspecified atom stereocenters. The molecule has 0 bridgehead atoms. The number of rotatable bonds is 5. The van der Waals surface area contributed by atoms with E-state index in [4.69, 9.17) is 4.74 Å². The maximum absolute atomic E-state index is 13.0. The van der Waals surface area contributed by atoms with Crippen molar-refractivity contribution >= 4 is 67.6 Å². The quantitative estimate of drug-likeness (QED) is 0.522. The van der Waals surface area contributed by atoms with Crippen LogP contribution in [0.2, 0.25) is 0 Å². The third-order valence-corrected chi connectivity index (χ3v) is 7.86. The molecule has 1 aromatic carbocycles. The average Bonchev–Trinajstić information content (AvgIpc) is 3.56. The lowest BCUT2D eigenvalue weighted by molar-refractivity contribution is -0.139. The number of fused-ring (bicyclic) bond motifs is 1. The lowest BCUT2D eigenvalue weighted by atomic mass is 10.1. The predicted octanol–water partition coefficient (Wildman–Crippen LogP) is 2.92.